The lowest BCUT2D eigenvalue weighted by atomic mass is 10.1. The van der Waals surface area contributed by atoms with Gasteiger partial charge in [-0.3, -0.25) is 5.32 Å². The minimum Gasteiger partial charge on any atom is -0.298 e. The summed E-state index contributed by atoms with van der Waals surface area (Å²) < 4.78 is 0. The smallest absolute Gasteiger partial charge is 0.122 e. The molecule has 16 heavy (non-hydrogen) atoms. The molecule has 0 aromatic heterocycles. The van der Waals surface area contributed by atoms with Crippen molar-refractivity contribution in [3.8, 4) is 6.07 Å². The number of benzene rings is 1. The predicted octanol–water partition coefficient (Wildman–Crippen LogP) is 3.80. The molecular weight excluding hydrogens is 243 g/mol. The molecule has 0 aliphatic carbocycles. The van der Waals surface area contributed by atoms with E-state index in [4.69, 9.17) is 28.5 Å². The summed E-state index contributed by atoms with van der Waals surface area (Å²) in [6.45, 7) is 4.93. The molecular formula is C12H14Cl2N2. The molecule has 0 aliphatic rings. The van der Waals surface area contributed by atoms with E-state index < -0.39 is 6.04 Å². The van der Waals surface area contributed by atoms with Crippen LogP contribution in [-0.2, 0) is 0 Å². The Kier molecular flexibility index (Phi) is 5.08. The quantitative estimate of drug-likeness (QED) is 0.890. The first-order chi connectivity index (χ1) is 7.56. The van der Waals surface area contributed by atoms with Crippen LogP contribution in [0.3, 0.4) is 0 Å². The second kappa shape index (κ2) is 6.10. The summed E-state index contributed by atoms with van der Waals surface area (Å²) in [5, 5.41) is 13.2. The van der Waals surface area contributed by atoms with Gasteiger partial charge in [0.2, 0.25) is 0 Å². The fourth-order valence-electron chi connectivity index (χ4n) is 1.32. The number of hydrogen-bond donors (Lipinski definition) is 1. The molecule has 1 atom stereocenters. The first kappa shape index (κ1) is 13.3. The molecule has 0 amide bonds. The molecule has 86 valence electrons. The van der Waals surface area contributed by atoms with E-state index in [2.05, 4.69) is 25.2 Å². The average Bonchev–Trinajstić information content (AvgIpc) is 2.24. The van der Waals surface area contributed by atoms with Gasteiger partial charge in [-0.1, -0.05) is 49.2 Å². The van der Waals surface area contributed by atoms with E-state index in [0.717, 1.165) is 12.1 Å². The number of nitrogens with one attached hydrogen (secondary N) is 1. The fourth-order valence-corrected chi connectivity index (χ4v) is 1.74. The maximum atomic E-state index is 9.09. The van der Waals surface area contributed by atoms with Gasteiger partial charge in [0.1, 0.15) is 6.04 Å². The monoisotopic (exact) mass is 256 g/mol. The first-order valence-electron chi connectivity index (χ1n) is 5.13. The molecule has 0 heterocycles. The number of nitriles is 1. The van der Waals surface area contributed by atoms with Gasteiger partial charge in [0.05, 0.1) is 16.1 Å². The van der Waals surface area contributed by atoms with E-state index in [1.54, 1.807) is 12.1 Å². The van der Waals surface area contributed by atoms with Crippen LogP contribution in [0.15, 0.2) is 18.2 Å². The van der Waals surface area contributed by atoms with Crippen LogP contribution in [0.5, 0.6) is 0 Å². The molecule has 1 N–H and O–H groups in total. The SMILES string of the molecule is CC(C)CNC(C#N)c1cccc(Cl)c1Cl. The van der Waals surface area contributed by atoms with E-state index in [0.29, 0.717) is 16.0 Å². The molecule has 0 radical (unpaired) electrons. The summed E-state index contributed by atoms with van der Waals surface area (Å²) in [6, 6.07) is 7.10. The zero-order valence-corrected chi connectivity index (χ0v) is 10.8. The Morgan fingerprint density at radius 1 is 1.38 bits per heavy atom. The highest BCUT2D eigenvalue weighted by atomic mass is 35.5. The van der Waals surface area contributed by atoms with Crippen LogP contribution in [0.4, 0.5) is 0 Å². The maximum Gasteiger partial charge on any atom is 0.122 e. The van der Waals surface area contributed by atoms with Crippen molar-refractivity contribution in [1.82, 2.24) is 5.32 Å². The van der Waals surface area contributed by atoms with Gasteiger partial charge in [-0.25, -0.2) is 0 Å². The first-order valence-corrected chi connectivity index (χ1v) is 5.88. The molecule has 1 rings (SSSR count). The van der Waals surface area contributed by atoms with Gasteiger partial charge in [-0.05, 0) is 18.5 Å². The largest absolute Gasteiger partial charge is 0.298 e. The summed E-state index contributed by atoms with van der Waals surface area (Å²) >= 11 is 12.0. The fraction of sp³-hybridized carbons (Fsp3) is 0.417. The average molecular weight is 257 g/mol. The van der Waals surface area contributed by atoms with Crippen molar-refractivity contribution in [3.63, 3.8) is 0 Å². The second-order valence-electron chi connectivity index (χ2n) is 4.01. The molecule has 1 aromatic carbocycles. The lowest BCUT2D eigenvalue weighted by molar-refractivity contribution is 0.525. The van der Waals surface area contributed by atoms with Crippen LogP contribution < -0.4 is 5.32 Å². The van der Waals surface area contributed by atoms with Crippen LogP contribution >= 0.6 is 23.2 Å². The molecule has 0 bridgehead atoms. The Balaban J connectivity index is 2.88. The Morgan fingerprint density at radius 3 is 2.62 bits per heavy atom. The normalized spacial score (nSPS) is 12.5. The highest BCUT2D eigenvalue weighted by Crippen LogP contribution is 2.29. The van der Waals surface area contributed by atoms with E-state index in [1.165, 1.54) is 0 Å². The van der Waals surface area contributed by atoms with Gasteiger partial charge in [-0.15, -0.1) is 0 Å². The summed E-state index contributed by atoms with van der Waals surface area (Å²) in [6.07, 6.45) is 0. The van der Waals surface area contributed by atoms with Crippen LogP contribution in [0.1, 0.15) is 25.5 Å². The van der Waals surface area contributed by atoms with Gasteiger partial charge >= 0.3 is 0 Å². The van der Waals surface area contributed by atoms with Crippen molar-refractivity contribution in [2.24, 2.45) is 5.92 Å². The van der Waals surface area contributed by atoms with Gasteiger partial charge in [0.25, 0.3) is 0 Å². The third-order valence-electron chi connectivity index (χ3n) is 2.15. The lowest BCUT2D eigenvalue weighted by Crippen LogP contribution is -2.24. The molecule has 1 unspecified atom stereocenters. The van der Waals surface area contributed by atoms with Gasteiger partial charge in [-0.2, -0.15) is 5.26 Å². The number of rotatable bonds is 4. The minimum absolute atomic E-state index is 0.409. The Hall–Kier alpha value is -0.750. The third-order valence-corrected chi connectivity index (χ3v) is 2.99. The van der Waals surface area contributed by atoms with Gasteiger partial charge in [0.15, 0.2) is 0 Å². The number of nitrogens with zero attached hydrogens (tertiary/aromatic N) is 1. The van der Waals surface area contributed by atoms with Crippen molar-refractivity contribution in [1.29, 1.82) is 5.26 Å². The zero-order valence-electron chi connectivity index (χ0n) is 9.30. The molecule has 0 spiro atoms. The maximum absolute atomic E-state index is 9.09. The number of hydrogen-bond acceptors (Lipinski definition) is 2. The summed E-state index contributed by atoms with van der Waals surface area (Å²) in [5.41, 5.74) is 0.734. The van der Waals surface area contributed by atoms with Crippen molar-refractivity contribution in [2.75, 3.05) is 6.54 Å². The number of halogens is 2. The van der Waals surface area contributed by atoms with Gasteiger partial charge < -0.3 is 0 Å². The third kappa shape index (κ3) is 3.38. The van der Waals surface area contributed by atoms with Crippen LogP contribution in [0.25, 0.3) is 0 Å². The standard InChI is InChI=1S/C12H14Cl2N2/c1-8(2)7-16-11(6-15)9-4-3-5-10(13)12(9)14/h3-5,8,11,16H,7H2,1-2H3. The van der Waals surface area contributed by atoms with Crippen molar-refractivity contribution < 1.29 is 0 Å². The Bertz CT molecular complexity index is 396. The molecule has 0 saturated heterocycles. The topological polar surface area (TPSA) is 35.8 Å². The minimum atomic E-state index is -0.409. The summed E-state index contributed by atoms with van der Waals surface area (Å²) in [4.78, 5) is 0. The molecule has 4 heteroatoms. The van der Waals surface area contributed by atoms with Crippen LogP contribution in [0.2, 0.25) is 10.0 Å². The lowest BCUT2D eigenvalue weighted by Gasteiger charge is -2.15. The summed E-state index contributed by atoms with van der Waals surface area (Å²) in [7, 11) is 0. The van der Waals surface area contributed by atoms with E-state index in [9.17, 15) is 0 Å². The highest BCUT2D eigenvalue weighted by Gasteiger charge is 2.15. The molecule has 1 aromatic rings. The highest BCUT2D eigenvalue weighted by molar-refractivity contribution is 6.42. The second-order valence-corrected chi connectivity index (χ2v) is 4.79. The van der Waals surface area contributed by atoms with E-state index in [1.807, 2.05) is 6.07 Å². The molecule has 2 nitrogen and oxygen atoms in total. The Morgan fingerprint density at radius 2 is 2.06 bits per heavy atom. The van der Waals surface area contributed by atoms with Crippen molar-refractivity contribution in [3.05, 3.63) is 33.8 Å². The zero-order chi connectivity index (χ0) is 12.1. The molecule has 0 saturated carbocycles. The molecule has 0 fully saturated rings. The van der Waals surface area contributed by atoms with E-state index >= 15 is 0 Å². The predicted molar refractivity (Wildman–Crippen MR) is 67.7 cm³/mol. The summed E-state index contributed by atoms with van der Waals surface area (Å²) in [5.74, 6) is 0.480. The van der Waals surface area contributed by atoms with Gasteiger partial charge in [0, 0.05) is 5.56 Å². The van der Waals surface area contributed by atoms with Crippen molar-refractivity contribution in [2.45, 2.75) is 19.9 Å². The van der Waals surface area contributed by atoms with E-state index in [-0.39, 0.29) is 0 Å². The molecule has 0 aliphatic heterocycles. The van der Waals surface area contributed by atoms with Crippen molar-refractivity contribution >= 4 is 23.2 Å². The Labute approximate surface area is 106 Å². The van der Waals surface area contributed by atoms with Crippen LogP contribution in [0, 0.1) is 17.2 Å². The van der Waals surface area contributed by atoms with Crippen LogP contribution in [-0.4, -0.2) is 6.54 Å².